The second-order valence-electron chi connectivity index (χ2n) is 17.1. The Labute approximate surface area is 422 Å². The van der Waals surface area contributed by atoms with E-state index in [2.05, 4.69) is 130 Å². The molecule has 69 heavy (non-hydrogen) atoms. The molecule has 0 aromatic carbocycles. The van der Waals surface area contributed by atoms with Gasteiger partial charge in [0.05, 0.1) is 0 Å². The molecule has 0 bridgehead atoms. The van der Waals surface area contributed by atoms with E-state index in [4.69, 9.17) is 14.2 Å². The number of hydrogen-bond donors (Lipinski definition) is 0. The first-order valence-electron chi connectivity index (χ1n) is 27.0. The van der Waals surface area contributed by atoms with Crippen molar-refractivity contribution < 1.29 is 28.6 Å². The largest absolute Gasteiger partial charge is 0.462 e. The van der Waals surface area contributed by atoms with Gasteiger partial charge in [0.15, 0.2) is 6.10 Å². The van der Waals surface area contributed by atoms with Crippen LogP contribution in [0.3, 0.4) is 0 Å². The van der Waals surface area contributed by atoms with E-state index in [1.165, 1.54) is 38.5 Å². The van der Waals surface area contributed by atoms with E-state index in [1.54, 1.807) is 0 Å². The topological polar surface area (TPSA) is 78.9 Å². The number of carbonyl (C=O) groups excluding carboxylic acids is 3. The quantitative estimate of drug-likeness (QED) is 0.0199. The van der Waals surface area contributed by atoms with Crippen molar-refractivity contribution in [3.05, 3.63) is 158 Å². The highest BCUT2D eigenvalue weighted by Crippen LogP contribution is 2.13. The van der Waals surface area contributed by atoms with Crippen molar-refractivity contribution in [2.24, 2.45) is 0 Å². The summed E-state index contributed by atoms with van der Waals surface area (Å²) >= 11 is 0. The predicted molar refractivity (Wildman–Crippen MR) is 297 cm³/mol. The predicted octanol–water partition coefficient (Wildman–Crippen LogP) is 18.2. The first-order chi connectivity index (χ1) is 34.0. The van der Waals surface area contributed by atoms with Crippen molar-refractivity contribution in [1.82, 2.24) is 0 Å². The molecule has 0 rings (SSSR count). The van der Waals surface area contributed by atoms with Gasteiger partial charge < -0.3 is 14.2 Å². The Morgan fingerprint density at radius 3 is 1.09 bits per heavy atom. The Morgan fingerprint density at radius 2 is 0.623 bits per heavy atom. The maximum Gasteiger partial charge on any atom is 0.306 e. The molecule has 1 unspecified atom stereocenters. The third kappa shape index (κ3) is 53.8. The lowest BCUT2D eigenvalue weighted by Gasteiger charge is -2.18. The summed E-state index contributed by atoms with van der Waals surface area (Å²) in [7, 11) is 0. The summed E-state index contributed by atoms with van der Waals surface area (Å²) in [5.41, 5.74) is 0. The molecule has 0 heterocycles. The molecule has 0 spiro atoms. The first-order valence-corrected chi connectivity index (χ1v) is 27.0. The molecular weight excluding hydrogens is 853 g/mol. The zero-order chi connectivity index (χ0) is 50.0. The average Bonchev–Trinajstić information content (AvgIpc) is 3.35. The normalized spacial score (nSPS) is 13.4. The van der Waals surface area contributed by atoms with Crippen molar-refractivity contribution in [3.8, 4) is 0 Å². The maximum absolute atomic E-state index is 12.8. The van der Waals surface area contributed by atoms with Gasteiger partial charge in [0.1, 0.15) is 13.2 Å². The van der Waals surface area contributed by atoms with Gasteiger partial charge in [-0.25, -0.2) is 0 Å². The lowest BCUT2D eigenvalue weighted by molar-refractivity contribution is -0.166. The van der Waals surface area contributed by atoms with Gasteiger partial charge in [-0.15, -0.1) is 0 Å². The van der Waals surface area contributed by atoms with Crippen LogP contribution < -0.4 is 0 Å². The monoisotopic (exact) mass is 949 g/mol. The molecule has 0 radical (unpaired) electrons. The maximum atomic E-state index is 12.8. The number of carbonyl (C=O) groups is 3. The number of esters is 3. The Balaban J connectivity index is 4.57. The summed E-state index contributed by atoms with van der Waals surface area (Å²) in [4.78, 5) is 38.0. The second-order valence-corrected chi connectivity index (χ2v) is 17.1. The van der Waals surface area contributed by atoms with E-state index in [-0.39, 0.29) is 44.0 Å². The molecule has 6 heteroatoms. The van der Waals surface area contributed by atoms with Gasteiger partial charge in [0, 0.05) is 19.3 Å². The van der Waals surface area contributed by atoms with Crippen molar-refractivity contribution in [2.45, 2.75) is 207 Å². The lowest BCUT2D eigenvalue weighted by Crippen LogP contribution is -2.30. The minimum absolute atomic E-state index is 0.131. The molecule has 0 amide bonds. The molecule has 384 valence electrons. The van der Waals surface area contributed by atoms with Gasteiger partial charge in [0.2, 0.25) is 0 Å². The number of unbranched alkanes of at least 4 members (excludes halogenated alkanes) is 12. The van der Waals surface area contributed by atoms with Crippen LogP contribution in [0.5, 0.6) is 0 Å². The van der Waals surface area contributed by atoms with Gasteiger partial charge in [-0.05, 0) is 109 Å². The summed E-state index contributed by atoms with van der Waals surface area (Å²) in [5.74, 6) is -1.07. The Morgan fingerprint density at radius 1 is 0.304 bits per heavy atom. The summed E-state index contributed by atoms with van der Waals surface area (Å²) < 4.78 is 16.7. The number of allylic oxidation sites excluding steroid dienone is 26. The second kappa shape index (κ2) is 55.6. The van der Waals surface area contributed by atoms with Gasteiger partial charge in [-0.1, -0.05) is 230 Å². The van der Waals surface area contributed by atoms with Gasteiger partial charge in [0.25, 0.3) is 0 Å². The van der Waals surface area contributed by atoms with Crippen LogP contribution in [0.2, 0.25) is 0 Å². The van der Waals surface area contributed by atoms with Crippen LogP contribution >= 0.6 is 0 Å². The molecule has 1 atom stereocenters. The average molecular weight is 949 g/mol. The van der Waals surface area contributed by atoms with Gasteiger partial charge in [-0.3, -0.25) is 14.4 Å². The van der Waals surface area contributed by atoms with Crippen molar-refractivity contribution in [3.63, 3.8) is 0 Å². The third-order valence-electron chi connectivity index (χ3n) is 10.6. The van der Waals surface area contributed by atoms with Gasteiger partial charge in [-0.2, -0.15) is 0 Å². The van der Waals surface area contributed by atoms with E-state index in [1.807, 2.05) is 48.6 Å². The van der Waals surface area contributed by atoms with Crippen LogP contribution in [0.1, 0.15) is 201 Å². The van der Waals surface area contributed by atoms with Crippen molar-refractivity contribution >= 4 is 17.9 Å². The number of ether oxygens (including phenoxy) is 3. The standard InChI is InChI=1S/C63H96O6/c1-4-7-10-13-16-19-22-25-27-29-31-33-35-38-41-44-47-50-53-56-62(65)68-59-60(58-67-61(64)55-52-49-46-43-40-37-24-21-18-15-12-9-6-3)69-63(66)57-54-51-48-45-42-39-36-34-32-30-28-26-23-20-17-14-11-8-5-2/h7-12,15-21,24-28,31,33,37-38,40-41,47,50,60H,4-6,13-14,22-23,29-30,32,34-36,39,42-46,48-49,51-59H2,1-3H3/b10-7-,11-8-,12-9-,18-15-,19-16-,20-17-,24-21-,27-25-,28-26-,33-31-,40-37-,41-38-,50-47-. The number of rotatable bonds is 46. The summed E-state index contributed by atoms with van der Waals surface area (Å²) in [6, 6.07) is 0. The summed E-state index contributed by atoms with van der Waals surface area (Å²) in [6.07, 6.45) is 81.0. The fourth-order valence-electron chi connectivity index (χ4n) is 6.67. The molecule has 0 aliphatic heterocycles. The minimum Gasteiger partial charge on any atom is -0.462 e. The van der Waals surface area contributed by atoms with Crippen molar-refractivity contribution in [1.29, 1.82) is 0 Å². The first kappa shape index (κ1) is 64.0. The molecule has 0 fully saturated rings. The Bertz CT molecular complexity index is 1610. The fraction of sp³-hybridized carbons (Fsp3) is 0.540. The van der Waals surface area contributed by atoms with E-state index in [0.29, 0.717) is 12.8 Å². The molecule has 0 saturated heterocycles. The van der Waals surface area contributed by atoms with Crippen LogP contribution in [0.25, 0.3) is 0 Å². The molecule has 6 nitrogen and oxygen atoms in total. The fourth-order valence-corrected chi connectivity index (χ4v) is 6.67. The minimum atomic E-state index is -0.836. The molecule has 0 N–H and O–H groups in total. The van der Waals surface area contributed by atoms with Gasteiger partial charge >= 0.3 is 17.9 Å². The third-order valence-corrected chi connectivity index (χ3v) is 10.6. The van der Waals surface area contributed by atoms with Crippen LogP contribution in [-0.2, 0) is 28.6 Å². The number of hydrogen-bond acceptors (Lipinski definition) is 6. The Kier molecular flexibility index (Phi) is 51.6. The van der Waals surface area contributed by atoms with Crippen LogP contribution in [0.15, 0.2) is 158 Å². The molecule has 0 aliphatic carbocycles. The van der Waals surface area contributed by atoms with E-state index in [9.17, 15) is 14.4 Å². The SMILES string of the molecule is CC\C=C/C=C\C=C/C=C\CCCCCC(=O)OCC(COC(=O)CC/C=C\C/C=C\C/C=C\C/C=C\C/C=C\C/C=C\CC)OC(=O)CCCCCCCCCCC/C=C\C/C=C\C/C=C\CC. The summed E-state index contributed by atoms with van der Waals surface area (Å²) in [6.45, 7) is 6.15. The van der Waals surface area contributed by atoms with Crippen LogP contribution in [0.4, 0.5) is 0 Å². The lowest BCUT2D eigenvalue weighted by atomic mass is 10.1. The smallest absolute Gasteiger partial charge is 0.306 e. The molecule has 0 aliphatic rings. The zero-order valence-corrected chi connectivity index (χ0v) is 43.8. The highest BCUT2D eigenvalue weighted by Gasteiger charge is 2.19. The zero-order valence-electron chi connectivity index (χ0n) is 43.8. The molecule has 0 aromatic rings. The molecule has 0 aromatic heterocycles. The van der Waals surface area contributed by atoms with Crippen LogP contribution in [-0.4, -0.2) is 37.2 Å². The summed E-state index contributed by atoms with van der Waals surface area (Å²) in [5, 5.41) is 0. The molecule has 0 saturated carbocycles. The Hall–Kier alpha value is -4.97. The highest BCUT2D eigenvalue weighted by atomic mass is 16.6. The van der Waals surface area contributed by atoms with Crippen molar-refractivity contribution in [2.75, 3.05) is 13.2 Å². The van der Waals surface area contributed by atoms with E-state index >= 15 is 0 Å². The van der Waals surface area contributed by atoms with E-state index in [0.717, 1.165) is 116 Å². The van der Waals surface area contributed by atoms with E-state index < -0.39 is 6.10 Å². The molecular formula is C63H96O6. The highest BCUT2D eigenvalue weighted by molar-refractivity contribution is 5.71. The van der Waals surface area contributed by atoms with Crippen LogP contribution in [0, 0.1) is 0 Å².